The second kappa shape index (κ2) is 10.1. The molecule has 8 heteroatoms. The van der Waals surface area contributed by atoms with Crippen LogP contribution in [0.1, 0.15) is 32.1 Å². The first-order valence-electron chi connectivity index (χ1n) is 9.08. The number of benzene rings is 1. The van der Waals surface area contributed by atoms with E-state index in [9.17, 15) is 9.18 Å². The van der Waals surface area contributed by atoms with Crippen LogP contribution in [0, 0.1) is 5.82 Å². The molecule has 2 rings (SSSR count). The maximum atomic E-state index is 13.3. The highest BCUT2D eigenvalue weighted by atomic mass is 35.5. The summed E-state index contributed by atoms with van der Waals surface area (Å²) < 4.78 is 18.5. The Morgan fingerprint density at radius 1 is 1.25 bits per heavy atom. The van der Waals surface area contributed by atoms with Crippen molar-refractivity contribution in [3.63, 3.8) is 0 Å². The number of halogens is 2. The first-order chi connectivity index (χ1) is 13.3. The topological polar surface area (TPSA) is 78.7 Å². The van der Waals surface area contributed by atoms with Crippen LogP contribution in [-0.4, -0.2) is 31.5 Å². The number of rotatable bonds is 8. The fraction of sp³-hybridized carbons (Fsp3) is 0.400. The van der Waals surface area contributed by atoms with Gasteiger partial charge in [-0.3, -0.25) is 4.79 Å². The number of carbonyl (C=O) groups excluding carboxylic acids is 1. The van der Waals surface area contributed by atoms with E-state index in [1.54, 1.807) is 24.5 Å². The lowest BCUT2D eigenvalue weighted by atomic mass is 9.84. The van der Waals surface area contributed by atoms with E-state index in [1.807, 2.05) is 20.8 Å². The van der Waals surface area contributed by atoms with E-state index in [-0.39, 0.29) is 23.7 Å². The number of aliphatic imine (C=N–C) groups is 1. The van der Waals surface area contributed by atoms with Gasteiger partial charge < -0.3 is 20.4 Å². The maximum absolute atomic E-state index is 13.3. The number of nitrogens with zero attached hydrogens (tertiary/aromatic N) is 1. The van der Waals surface area contributed by atoms with Gasteiger partial charge in [0, 0.05) is 23.5 Å². The van der Waals surface area contributed by atoms with Crippen molar-refractivity contribution in [1.82, 2.24) is 16.0 Å². The predicted octanol–water partition coefficient (Wildman–Crippen LogP) is 3.22. The van der Waals surface area contributed by atoms with Gasteiger partial charge in [-0.15, -0.1) is 0 Å². The van der Waals surface area contributed by atoms with Gasteiger partial charge in [-0.1, -0.05) is 31.5 Å². The van der Waals surface area contributed by atoms with E-state index < -0.39 is 0 Å². The highest BCUT2D eigenvalue weighted by Crippen LogP contribution is 2.29. The number of carbonyl (C=O) groups is 1. The monoisotopic (exact) mass is 408 g/mol. The van der Waals surface area contributed by atoms with Crippen molar-refractivity contribution in [3.8, 4) is 0 Å². The standard InChI is InChI=1S/C20H26ClFN4O2/c1-4-23-19(25-12-18(27)24-11-15-6-5-9-28-15)26-13-20(2,3)16-8-7-14(22)10-17(16)21/h5-10H,4,11-13H2,1-3H3,(H,24,27)(H2,23,25,26). The van der Waals surface area contributed by atoms with Gasteiger partial charge in [0.1, 0.15) is 18.1 Å². The molecule has 0 aliphatic carbocycles. The minimum absolute atomic E-state index is 0.0201. The number of guanidine groups is 1. The smallest absolute Gasteiger partial charge is 0.242 e. The second-order valence-electron chi connectivity index (χ2n) is 6.91. The second-order valence-corrected chi connectivity index (χ2v) is 7.32. The fourth-order valence-corrected chi connectivity index (χ4v) is 3.01. The molecule has 0 aliphatic rings. The third-order valence-corrected chi connectivity index (χ3v) is 4.44. The summed E-state index contributed by atoms with van der Waals surface area (Å²) in [5.74, 6) is 0.615. The normalized spacial score (nSPS) is 12.0. The van der Waals surface area contributed by atoms with Gasteiger partial charge in [0.15, 0.2) is 5.96 Å². The quantitative estimate of drug-likeness (QED) is 0.463. The van der Waals surface area contributed by atoms with Gasteiger partial charge in [-0.05, 0) is 36.8 Å². The van der Waals surface area contributed by atoms with Crippen molar-refractivity contribution in [1.29, 1.82) is 0 Å². The zero-order chi connectivity index (χ0) is 20.6. The van der Waals surface area contributed by atoms with Crippen molar-refractivity contribution in [2.45, 2.75) is 32.7 Å². The van der Waals surface area contributed by atoms with Crippen LogP contribution in [0.4, 0.5) is 4.39 Å². The molecule has 0 saturated heterocycles. The predicted molar refractivity (Wildman–Crippen MR) is 109 cm³/mol. The van der Waals surface area contributed by atoms with Gasteiger partial charge in [-0.25, -0.2) is 9.38 Å². The van der Waals surface area contributed by atoms with Crippen molar-refractivity contribution < 1.29 is 13.6 Å². The molecule has 2 aromatic rings. The van der Waals surface area contributed by atoms with Crippen molar-refractivity contribution in [2.24, 2.45) is 4.99 Å². The largest absolute Gasteiger partial charge is 0.467 e. The minimum atomic E-state index is -0.372. The molecule has 0 bridgehead atoms. The van der Waals surface area contributed by atoms with Crippen LogP contribution in [0.15, 0.2) is 46.0 Å². The summed E-state index contributed by atoms with van der Waals surface area (Å²) in [6, 6.07) is 7.94. The number of amides is 1. The zero-order valence-corrected chi connectivity index (χ0v) is 17.1. The van der Waals surface area contributed by atoms with E-state index in [0.717, 1.165) is 5.56 Å². The summed E-state index contributed by atoms with van der Waals surface area (Å²) in [6.45, 7) is 7.39. The summed E-state index contributed by atoms with van der Waals surface area (Å²) in [5.41, 5.74) is 0.456. The summed E-state index contributed by atoms with van der Waals surface area (Å²) in [5, 5.41) is 9.44. The van der Waals surface area contributed by atoms with Crippen molar-refractivity contribution >= 4 is 23.5 Å². The molecule has 152 valence electrons. The van der Waals surface area contributed by atoms with E-state index in [2.05, 4.69) is 20.9 Å². The first kappa shape index (κ1) is 21.8. The molecule has 0 unspecified atom stereocenters. The van der Waals surface area contributed by atoms with E-state index in [1.165, 1.54) is 12.1 Å². The van der Waals surface area contributed by atoms with Crippen molar-refractivity contribution in [2.75, 3.05) is 19.6 Å². The Labute approximate surface area is 169 Å². The highest BCUT2D eigenvalue weighted by molar-refractivity contribution is 6.31. The lowest BCUT2D eigenvalue weighted by Gasteiger charge is -2.27. The Hall–Kier alpha value is -2.54. The SMILES string of the molecule is CCNC(=NCC(=O)NCc1ccco1)NCC(C)(C)c1ccc(F)cc1Cl. The van der Waals surface area contributed by atoms with Crippen LogP contribution in [0.25, 0.3) is 0 Å². The summed E-state index contributed by atoms with van der Waals surface area (Å²) in [7, 11) is 0. The van der Waals surface area contributed by atoms with Crippen molar-refractivity contribution in [3.05, 3.63) is 58.8 Å². The van der Waals surface area contributed by atoms with Gasteiger partial charge in [0.25, 0.3) is 0 Å². The molecule has 0 spiro atoms. The van der Waals surface area contributed by atoms with Gasteiger partial charge in [0.2, 0.25) is 5.91 Å². The van der Waals surface area contributed by atoms with E-state index in [0.29, 0.717) is 36.4 Å². The molecule has 0 fully saturated rings. The average molecular weight is 409 g/mol. The Morgan fingerprint density at radius 3 is 2.68 bits per heavy atom. The third kappa shape index (κ3) is 6.56. The Morgan fingerprint density at radius 2 is 2.04 bits per heavy atom. The van der Waals surface area contributed by atoms with Gasteiger partial charge in [0.05, 0.1) is 12.8 Å². The Balaban J connectivity index is 1.93. The summed E-state index contributed by atoms with van der Waals surface area (Å²) >= 11 is 6.20. The molecule has 1 amide bonds. The molecule has 0 aliphatic heterocycles. The average Bonchev–Trinajstić information content (AvgIpc) is 3.15. The molecule has 6 nitrogen and oxygen atoms in total. The molecule has 0 atom stereocenters. The van der Waals surface area contributed by atoms with E-state index in [4.69, 9.17) is 16.0 Å². The minimum Gasteiger partial charge on any atom is -0.467 e. The van der Waals surface area contributed by atoms with Crippen LogP contribution in [0.2, 0.25) is 5.02 Å². The third-order valence-electron chi connectivity index (χ3n) is 4.12. The lowest BCUT2D eigenvalue weighted by Crippen LogP contribution is -2.44. The number of nitrogens with one attached hydrogen (secondary N) is 3. The Kier molecular flexibility index (Phi) is 7.87. The van der Waals surface area contributed by atoms with Crippen LogP contribution in [-0.2, 0) is 16.8 Å². The van der Waals surface area contributed by atoms with Crippen LogP contribution in [0.3, 0.4) is 0 Å². The molecule has 1 aromatic heterocycles. The molecule has 1 heterocycles. The lowest BCUT2D eigenvalue weighted by molar-refractivity contribution is -0.119. The zero-order valence-electron chi connectivity index (χ0n) is 16.3. The first-order valence-corrected chi connectivity index (χ1v) is 9.46. The fourth-order valence-electron chi connectivity index (χ4n) is 2.59. The molecule has 0 saturated carbocycles. The number of hydrogen-bond acceptors (Lipinski definition) is 3. The van der Waals surface area contributed by atoms with Crippen LogP contribution >= 0.6 is 11.6 Å². The Bertz CT molecular complexity index is 807. The molecule has 1 aromatic carbocycles. The van der Waals surface area contributed by atoms with Crippen LogP contribution < -0.4 is 16.0 Å². The molecule has 28 heavy (non-hydrogen) atoms. The molecule has 0 radical (unpaired) electrons. The van der Waals surface area contributed by atoms with Crippen LogP contribution in [0.5, 0.6) is 0 Å². The summed E-state index contributed by atoms with van der Waals surface area (Å²) in [6.07, 6.45) is 1.56. The highest BCUT2D eigenvalue weighted by Gasteiger charge is 2.24. The molecular formula is C20H26ClFN4O2. The molecule has 3 N–H and O–H groups in total. The van der Waals surface area contributed by atoms with E-state index >= 15 is 0 Å². The maximum Gasteiger partial charge on any atom is 0.242 e. The number of furan rings is 1. The molecular weight excluding hydrogens is 383 g/mol. The number of hydrogen-bond donors (Lipinski definition) is 3. The van der Waals surface area contributed by atoms with Gasteiger partial charge in [-0.2, -0.15) is 0 Å². The summed E-state index contributed by atoms with van der Waals surface area (Å²) in [4.78, 5) is 16.3. The van der Waals surface area contributed by atoms with Gasteiger partial charge >= 0.3 is 0 Å².